The zero-order valence-electron chi connectivity index (χ0n) is 19.7. The average molecular weight is 488 g/mol. The van der Waals surface area contributed by atoms with Gasteiger partial charge in [-0.1, -0.05) is 0 Å². The Labute approximate surface area is 200 Å². The Morgan fingerprint density at radius 1 is 1.20 bits per heavy atom. The van der Waals surface area contributed by atoms with Gasteiger partial charge in [-0.05, 0) is 51.1 Å². The van der Waals surface area contributed by atoms with Crippen LogP contribution in [0.5, 0.6) is 5.75 Å². The second-order valence-corrected chi connectivity index (χ2v) is 9.56. The quantitative estimate of drug-likeness (QED) is 0.531. The lowest BCUT2D eigenvalue weighted by atomic mass is 10.0. The lowest BCUT2D eigenvalue weighted by Crippen LogP contribution is -2.42. The third-order valence-electron chi connectivity index (χ3n) is 5.54. The zero-order chi connectivity index (χ0) is 25.4. The van der Waals surface area contributed by atoms with Gasteiger partial charge in [0.25, 0.3) is 11.8 Å². The second-order valence-electron chi connectivity index (χ2n) is 9.56. The summed E-state index contributed by atoms with van der Waals surface area (Å²) in [6.45, 7) is 5.37. The van der Waals surface area contributed by atoms with Crippen LogP contribution in [-0.4, -0.2) is 51.6 Å². The Morgan fingerprint density at radius 3 is 2.54 bits per heavy atom. The van der Waals surface area contributed by atoms with Crippen LogP contribution in [-0.2, 0) is 11.3 Å². The van der Waals surface area contributed by atoms with Crippen LogP contribution in [0.4, 0.5) is 13.6 Å². The molecule has 1 aliphatic rings. The number of carbonyl (C=O) groups excluding carboxylic acids is 2. The molecule has 4 rings (SSSR count). The highest BCUT2D eigenvalue weighted by Gasteiger charge is 2.35. The molecule has 0 radical (unpaired) electrons. The summed E-state index contributed by atoms with van der Waals surface area (Å²) in [6, 6.07) is 8.18. The van der Waals surface area contributed by atoms with Gasteiger partial charge < -0.3 is 24.5 Å². The summed E-state index contributed by atoms with van der Waals surface area (Å²) < 4.78 is 37.6. The van der Waals surface area contributed by atoms with Crippen molar-refractivity contribution in [3.05, 3.63) is 47.9 Å². The summed E-state index contributed by atoms with van der Waals surface area (Å²) in [5, 5.41) is 13.7. The number of nitrogens with one attached hydrogen (secondary N) is 1. The molecule has 1 aliphatic heterocycles. The van der Waals surface area contributed by atoms with Crippen molar-refractivity contribution in [2.24, 2.45) is 0 Å². The molecule has 0 saturated carbocycles. The number of carbonyl (C=O) groups is 2. The van der Waals surface area contributed by atoms with Crippen LogP contribution in [0.25, 0.3) is 22.2 Å². The number of amides is 2. The maximum absolute atomic E-state index is 13.4. The number of alkyl carbamates (subject to hydrolysis) is 1. The van der Waals surface area contributed by atoms with E-state index in [1.54, 1.807) is 45.0 Å². The lowest BCUT2D eigenvalue weighted by Gasteiger charge is -2.31. The topological polar surface area (TPSA) is 105 Å². The van der Waals surface area contributed by atoms with Gasteiger partial charge in [0, 0.05) is 43.1 Å². The molecule has 1 saturated heterocycles. The molecule has 2 aromatic heterocycles. The minimum Gasteiger partial charge on any atom is -0.504 e. The van der Waals surface area contributed by atoms with Crippen molar-refractivity contribution in [1.29, 1.82) is 0 Å². The van der Waals surface area contributed by atoms with Crippen molar-refractivity contribution >= 4 is 23.0 Å². The first-order valence-electron chi connectivity index (χ1n) is 11.3. The minimum atomic E-state index is -2.72. The first kappa shape index (κ1) is 24.4. The molecule has 8 nitrogen and oxygen atoms in total. The molecule has 0 aliphatic carbocycles. The molecular formula is C25H27F2N3O5. The van der Waals surface area contributed by atoms with Crippen LogP contribution < -0.4 is 5.32 Å². The monoisotopic (exact) mass is 487 g/mol. The molecule has 0 bridgehead atoms. The van der Waals surface area contributed by atoms with Crippen molar-refractivity contribution in [3.8, 4) is 17.0 Å². The third-order valence-corrected chi connectivity index (χ3v) is 5.54. The van der Waals surface area contributed by atoms with Gasteiger partial charge in [0.05, 0.1) is 17.8 Å². The predicted octanol–water partition coefficient (Wildman–Crippen LogP) is 5.10. The highest BCUT2D eigenvalue weighted by Crippen LogP contribution is 2.34. The number of pyridine rings is 1. The number of benzene rings is 1. The number of rotatable bonds is 4. The molecular weight excluding hydrogens is 460 g/mol. The van der Waals surface area contributed by atoms with E-state index in [1.807, 2.05) is 0 Å². The number of hydrogen-bond donors (Lipinski definition) is 2. The molecule has 3 heterocycles. The molecule has 35 heavy (non-hydrogen) atoms. The van der Waals surface area contributed by atoms with Gasteiger partial charge in [-0.2, -0.15) is 0 Å². The van der Waals surface area contributed by atoms with Gasteiger partial charge in [0.2, 0.25) is 0 Å². The highest BCUT2D eigenvalue weighted by molar-refractivity contribution is 5.94. The number of halogens is 2. The number of hydrogen-bond acceptors (Lipinski definition) is 6. The molecule has 0 unspecified atom stereocenters. The summed E-state index contributed by atoms with van der Waals surface area (Å²) in [5.41, 5.74) is 1.06. The van der Waals surface area contributed by atoms with Gasteiger partial charge in [-0.3, -0.25) is 9.78 Å². The van der Waals surface area contributed by atoms with Crippen molar-refractivity contribution in [3.63, 3.8) is 0 Å². The minimum absolute atomic E-state index is 0.00370. The number of phenolic OH excluding ortho intramolecular Hbond substituents is 1. The van der Waals surface area contributed by atoms with E-state index in [0.29, 0.717) is 28.0 Å². The van der Waals surface area contributed by atoms with Crippen LogP contribution in [0.3, 0.4) is 0 Å². The third kappa shape index (κ3) is 5.87. The van der Waals surface area contributed by atoms with Crippen molar-refractivity contribution in [1.82, 2.24) is 15.2 Å². The van der Waals surface area contributed by atoms with Crippen LogP contribution >= 0.6 is 0 Å². The fourth-order valence-corrected chi connectivity index (χ4v) is 3.81. The Balaban J connectivity index is 1.47. The number of piperidine rings is 1. The molecule has 0 atom stereocenters. The van der Waals surface area contributed by atoms with E-state index in [-0.39, 0.29) is 49.7 Å². The van der Waals surface area contributed by atoms with E-state index in [0.717, 1.165) is 0 Å². The fraction of sp³-hybridized carbons (Fsp3) is 0.400. The van der Waals surface area contributed by atoms with E-state index < -0.39 is 17.6 Å². The maximum atomic E-state index is 13.4. The van der Waals surface area contributed by atoms with E-state index >= 15 is 0 Å². The first-order valence-corrected chi connectivity index (χ1v) is 11.3. The SMILES string of the molecule is CC(C)(C)OC(=O)NCc1cc2cc(-c3ccc(C(=O)N4CCC(F)(F)CC4)cn3)cc(O)c2o1. The number of phenols is 1. The van der Waals surface area contributed by atoms with Crippen molar-refractivity contribution in [2.45, 2.75) is 51.7 Å². The summed E-state index contributed by atoms with van der Waals surface area (Å²) in [6.07, 6.45) is 0.129. The summed E-state index contributed by atoms with van der Waals surface area (Å²) >= 11 is 0. The van der Waals surface area contributed by atoms with Crippen LogP contribution in [0.15, 0.2) is 40.9 Å². The molecule has 2 amide bonds. The number of aromatic nitrogens is 1. The van der Waals surface area contributed by atoms with E-state index in [4.69, 9.17) is 9.15 Å². The molecule has 2 N–H and O–H groups in total. The van der Waals surface area contributed by atoms with Crippen molar-refractivity contribution in [2.75, 3.05) is 13.1 Å². The van der Waals surface area contributed by atoms with E-state index in [2.05, 4.69) is 10.3 Å². The first-order chi connectivity index (χ1) is 16.4. The molecule has 0 spiro atoms. The van der Waals surface area contributed by atoms with E-state index in [1.165, 1.54) is 17.2 Å². The number of alkyl halides is 2. The van der Waals surface area contributed by atoms with Gasteiger partial charge >= 0.3 is 6.09 Å². The summed E-state index contributed by atoms with van der Waals surface area (Å²) in [7, 11) is 0. The Kier molecular flexibility index (Phi) is 6.40. The largest absolute Gasteiger partial charge is 0.504 e. The van der Waals surface area contributed by atoms with Gasteiger partial charge in [0.15, 0.2) is 11.3 Å². The number of likely N-dealkylation sites (tertiary alicyclic amines) is 1. The lowest BCUT2D eigenvalue weighted by molar-refractivity contribution is -0.0494. The summed E-state index contributed by atoms with van der Waals surface area (Å²) in [4.78, 5) is 30.2. The van der Waals surface area contributed by atoms with Gasteiger partial charge in [-0.15, -0.1) is 0 Å². The van der Waals surface area contributed by atoms with Gasteiger partial charge in [0.1, 0.15) is 11.4 Å². The second kappa shape index (κ2) is 9.16. The smallest absolute Gasteiger partial charge is 0.408 e. The molecule has 1 aromatic carbocycles. The fourth-order valence-electron chi connectivity index (χ4n) is 3.81. The molecule has 1 fully saturated rings. The molecule has 186 valence electrons. The Bertz CT molecular complexity index is 1240. The highest BCUT2D eigenvalue weighted by atomic mass is 19.3. The molecule has 10 heteroatoms. The average Bonchev–Trinajstić information content (AvgIpc) is 3.20. The van der Waals surface area contributed by atoms with Crippen molar-refractivity contribution < 1.29 is 32.6 Å². The number of nitrogens with zero attached hydrogens (tertiary/aromatic N) is 2. The van der Waals surface area contributed by atoms with Gasteiger partial charge in [-0.25, -0.2) is 13.6 Å². The normalized spacial score (nSPS) is 15.7. The predicted molar refractivity (Wildman–Crippen MR) is 124 cm³/mol. The number of furan rings is 1. The Hall–Kier alpha value is -3.69. The number of aromatic hydroxyl groups is 1. The maximum Gasteiger partial charge on any atom is 0.408 e. The van der Waals surface area contributed by atoms with Crippen LogP contribution in [0, 0.1) is 0 Å². The number of fused-ring (bicyclic) bond motifs is 1. The summed E-state index contributed by atoms with van der Waals surface area (Å²) in [5.74, 6) is -2.73. The number of ether oxygens (including phenoxy) is 1. The standard InChI is InChI=1S/C25H27F2N3O5/c1-24(2,3)35-23(33)29-14-18-11-17-10-16(12-20(31)21(17)34-18)19-5-4-15(13-28-19)22(32)30-8-6-25(26,27)7-9-30/h4-5,10-13,31H,6-9,14H2,1-3H3,(H,29,33). The Morgan fingerprint density at radius 2 is 1.91 bits per heavy atom. The van der Waals surface area contributed by atoms with Crippen LogP contribution in [0.2, 0.25) is 0 Å². The zero-order valence-corrected chi connectivity index (χ0v) is 19.7. The molecule has 3 aromatic rings. The van der Waals surface area contributed by atoms with Crippen LogP contribution in [0.1, 0.15) is 49.7 Å². The van der Waals surface area contributed by atoms with E-state index in [9.17, 15) is 23.5 Å².